The van der Waals surface area contributed by atoms with Crippen molar-refractivity contribution in [1.29, 1.82) is 0 Å². The topological polar surface area (TPSA) is 89.9 Å². The minimum atomic E-state index is -1.09. The summed E-state index contributed by atoms with van der Waals surface area (Å²) in [5, 5.41) is 20.7. The van der Waals surface area contributed by atoms with Crippen LogP contribution < -0.4 is 5.32 Å². The molecule has 0 aromatic heterocycles. The summed E-state index contributed by atoms with van der Waals surface area (Å²) in [7, 11) is 0. The number of urea groups is 1. The Kier molecular flexibility index (Phi) is 5.52. The van der Waals surface area contributed by atoms with Crippen molar-refractivity contribution in [3.8, 4) is 0 Å². The zero-order valence-corrected chi connectivity index (χ0v) is 11.9. The van der Waals surface area contributed by atoms with Crippen molar-refractivity contribution in [2.45, 2.75) is 20.8 Å². The molecule has 0 aliphatic carbocycles. The number of hydrogen-bond donors (Lipinski definition) is 3. The van der Waals surface area contributed by atoms with Crippen LogP contribution in [0.5, 0.6) is 0 Å². The molecule has 0 fully saturated rings. The van der Waals surface area contributed by atoms with Crippen LogP contribution in [0.1, 0.15) is 28.4 Å². The van der Waals surface area contributed by atoms with Gasteiger partial charge in [0.15, 0.2) is 0 Å². The van der Waals surface area contributed by atoms with E-state index < -0.39 is 12.0 Å². The molecular weight excluding hydrogens is 260 g/mol. The molecule has 0 heterocycles. The number of anilines is 1. The summed E-state index contributed by atoms with van der Waals surface area (Å²) in [5.74, 6) is -1.09. The van der Waals surface area contributed by atoms with Gasteiger partial charge in [0.1, 0.15) is 0 Å². The first-order chi connectivity index (χ1) is 9.40. The van der Waals surface area contributed by atoms with Gasteiger partial charge < -0.3 is 20.4 Å². The average molecular weight is 280 g/mol. The first-order valence-electron chi connectivity index (χ1n) is 6.42. The number of carboxylic acids is 1. The zero-order valence-electron chi connectivity index (χ0n) is 11.9. The summed E-state index contributed by atoms with van der Waals surface area (Å²) in [6, 6.07) is 2.91. The Labute approximate surface area is 118 Å². The fraction of sp³-hybridized carbons (Fsp3) is 0.429. The van der Waals surface area contributed by atoms with Gasteiger partial charge in [-0.25, -0.2) is 9.59 Å². The Balaban J connectivity index is 3.08. The molecular formula is C14H20N2O4. The van der Waals surface area contributed by atoms with E-state index in [9.17, 15) is 14.7 Å². The number of aliphatic hydroxyl groups excluding tert-OH is 1. The Morgan fingerprint density at radius 1 is 1.30 bits per heavy atom. The van der Waals surface area contributed by atoms with Crippen LogP contribution in [-0.2, 0) is 0 Å². The van der Waals surface area contributed by atoms with E-state index in [1.807, 2.05) is 6.07 Å². The van der Waals surface area contributed by atoms with Gasteiger partial charge in [-0.2, -0.15) is 0 Å². The molecule has 0 aliphatic rings. The molecule has 0 spiro atoms. The number of aromatic carboxylic acids is 1. The molecule has 1 aromatic carbocycles. The van der Waals surface area contributed by atoms with Gasteiger partial charge in [0.2, 0.25) is 0 Å². The number of nitrogens with one attached hydrogen (secondary N) is 1. The molecule has 2 amide bonds. The highest BCUT2D eigenvalue weighted by Crippen LogP contribution is 2.23. The van der Waals surface area contributed by atoms with Gasteiger partial charge in [-0.15, -0.1) is 0 Å². The maximum Gasteiger partial charge on any atom is 0.337 e. The largest absolute Gasteiger partial charge is 0.478 e. The molecule has 1 rings (SSSR count). The van der Waals surface area contributed by atoms with Crippen molar-refractivity contribution in [2.24, 2.45) is 0 Å². The molecule has 3 N–H and O–H groups in total. The Bertz CT molecular complexity index is 514. The molecule has 0 radical (unpaired) electrons. The third-order valence-corrected chi connectivity index (χ3v) is 2.98. The van der Waals surface area contributed by atoms with E-state index >= 15 is 0 Å². The van der Waals surface area contributed by atoms with E-state index in [1.165, 1.54) is 11.0 Å². The second-order valence-electron chi connectivity index (χ2n) is 4.54. The molecule has 6 nitrogen and oxygen atoms in total. The van der Waals surface area contributed by atoms with Crippen molar-refractivity contribution in [2.75, 3.05) is 25.0 Å². The second kappa shape index (κ2) is 6.91. The summed E-state index contributed by atoms with van der Waals surface area (Å²) in [6.07, 6.45) is 0. The third-order valence-electron chi connectivity index (χ3n) is 2.98. The molecule has 0 aliphatic heterocycles. The van der Waals surface area contributed by atoms with Crippen LogP contribution in [-0.4, -0.2) is 46.8 Å². The predicted molar refractivity (Wildman–Crippen MR) is 76.2 cm³/mol. The van der Waals surface area contributed by atoms with Gasteiger partial charge in [-0.1, -0.05) is 6.07 Å². The van der Waals surface area contributed by atoms with Crippen LogP contribution in [0.2, 0.25) is 0 Å². The lowest BCUT2D eigenvalue weighted by Crippen LogP contribution is -2.37. The molecule has 0 saturated carbocycles. The number of nitrogens with zero attached hydrogens (tertiary/aromatic N) is 1. The molecule has 20 heavy (non-hydrogen) atoms. The van der Waals surface area contributed by atoms with Gasteiger partial charge in [-0.3, -0.25) is 0 Å². The summed E-state index contributed by atoms with van der Waals surface area (Å²) in [4.78, 5) is 24.7. The minimum absolute atomic E-state index is 0.0656. The molecule has 0 atom stereocenters. The van der Waals surface area contributed by atoms with Gasteiger partial charge >= 0.3 is 12.0 Å². The average Bonchev–Trinajstić information content (AvgIpc) is 2.38. The maximum absolute atomic E-state index is 12.1. The van der Waals surface area contributed by atoms with E-state index in [-0.39, 0.29) is 18.7 Å². The third kappa shape index (κ3) is 3.71. The summed E-state index contributed by atoms with van der Waals surface area (Å²) in [6.45, 7) is 5.83. The first kappa shape index (κ1) is 16.0. The van der Waals surface area contributed by atoms with Crippen molar-refractivity contribution >= 4 is 17.7 Å². The normalized spacial score (nSPS) is 10.2. The first-order valence-corrected chi connectivity index (χ1v) is 6.42. The number of hydrogen-bond acceptors (Lipinski definition) is 3. The summed E-state index contributed by atoms with van der Waals surface area (Å²) < 4.78 is 0. The molecule has 0 saturated heterocycles. The zero-order chi connectivity index (χ0) is 15.3. The Hall–Kier alpha value is -2.08. The molecule has 6 heteroatoms. The fourth-order valence-electron chi connectivity index (χ4n) is 2.01. The molecule has 110 valence electrons. The number of rotatable bonds is 5. The van der Waals surface area contributed by atoms with Crippen molar-refractivity contribution < 1.29 is 19.8 Å². The smallest absolute Gasteiger partial charge is 0.337 e. The standard InChI is InChI=1S/C14H20N2O4/c1-4-16(5-6-17)14(20)15-12-10(3)7-9(2)8-11(12)13(18)19/h7-8,17H,4-6H2,1-3H3,(H,15,20)(H,18,19). The van der Waals surface area contributed by atoms with E-state index in [4.69, 9.17) is 5.11 Å². The predicted octanol–water partition coefficient (Wildman–Crippen LogP) is 1.85. The number of amides is 2. The number of benzene rings is 1. The van der Waals surface area contributed by atoms with E-state index in [2.05, 4.69) is 5.32 Å². The van der Waals surface area contributed by atoms with E-state index in [0.29, 0.717) is 17.8 Å². The Morgan fingerprint density at radius 2 is 1.95 bits per heavy atom. The van der Waals surface area contributed by atoms with Crippen LogP contribution >= 0.6 is 0 Å². The van der Waals surface area contributed by atoms with Gasteiger partial charge in [0.05, 0.1) is 17.9 Å². The lowest BCUT2D eigenvalue weighted by molar-refractivity contribution is 0.0698. The summed E-state index contributed by atoms with van der Waals surface area (Å²) in [5.41, 5.74) is 1.87. The maximum atomic E-state index is 12.1. The number of aliphatic hydroxyl groups is 1. The van der Waals surface area contributed by atoms with Crippen LogP contribution in [0, 0.1) is 13.8 Å². The number of carbonyl (C=O) groups is 2. The summed E-state index contributed by atoms with van der Waals surface area (Å²) >= 11 is 0. The second-order valence-corrected chi connectivity index (χ2v) is 4.54. The highest BCUT2D eigenvalue weighted by Gasteiger charge is 2.18. The van der Waals surface area contributed by atoms with Gasteiger partial charge in [0.25, 0.3) is 0 Å². The number of carboxylic acid groups (broad SMARTS) is 1. The van der Waals surface area contributed by atoms with Crippen LogP contribution in [0.3, 0.4) is 0 Å². The molecule has 0 bridgehead atoms. The monoisotopic (exact) mass is 280 g/mol. The minimum Gasteiger partial charge on any atom is -0.478 e. The number of aryl methyl sites for hydroxylation is 2. The van der Waals surface area contributed by atoms with Crippen LogP contribution in [0.25, 0.3) is 0 Å². The van der Waals surface area contributed by atoms with E-state index in [1.54, 1.807) is 20.8 Å². The molecule has 1 aromatic rings. The fourth-order valence-corrected chi connectivity index (χ4v) is 2.01. The van der Waals surface area contributed by atoms with Crippen molar-refractivity contribution in [1.82, 2.24) is 4.90 Å². The number of carbonyl (C=O) groups excluding carboxylic acids is 1. The van der Waals surface area contributed by atoms with E-state index in [0.717, 1.165) is 5.56 Å². The molecule has 0 unspecified atom stereocenters. The lowest BCUT2D eigenvalue weighted by Gasteiger charge is -2.22. The SMILES string of the molecule is CCN(CCO)C(=O)Nc1c(C)cc(C)cc1C(=O)O. The van der Waals surface area contributed by atoms with Crippen LogP contribution in [0.15, 0.2) is 12.1 Å². The van der Waals surface area contributed by atoms with Gasteiger partial charge in [0, 0.05) is 13.1 Å². The lowest BCUT2D eigenvalue weighted by atomic mass is 10.0. The quantitative estimate of drug-likeness (QED) is 0.767. The van der Waals surface area contributed by atoms with Crippen molar-refractivity contribution in [3.63, 3.8) is 0 Å². The highest BCUT2D eigenvalue weighted by atomic mass is 16.4. The van der Waals surface area contributed by atoms with Crippen molar-refractivity contribution in [3.05, 3.63) is 28.8 Å². The Morgan fingerprint density at radius 3 is 2.45 bits per heavy atom. The highest BCUT2D eigenvalue weighted by molar-refractivity contribution is 6.01. The van der Waals surface area contributed by atoms with Gasteiger partial charge in [-0.05, 0) is 38.0 Å². The number of likely N-dealkylation sites (N-methyl/N-ethyl adjacent to an activating group) is 1. The van der Waals surface area contributed by atoms with Crippen LogP contribution in [0.4, 0.5) is 10.5 Å².